The van der Waals surface area contributed by atoms with Crippen molar-refractivity contribution in [1.29, 1.82) is 0 Å². The number of nitrogen functional groups attached to an aromatic ring is 1. The highest BCUT2D eigenvalue weighted by molar-refractivity contribution is 5.73. The maximum Gasteiger partial charge on any atom is 0.128 e. The molecule has 0 fully saturated rings. The molecule has 0 atom stereocenters. The topological polar surface area (TPSA) is 38.0 Å². The molecule has 3 N–H and O–H groups in total. The third-order valence-corrected chi connectivity index (χ3v) is 3.12. The second-order valence-corrected chi connectivity index (χ2v) is 4.61. The number of aryl methyl sites for hydroxylation is 3. The van der Waals surface area contributed by atoms with Crippen molar-refractivity contribution in [3.05, 3.63) is 52.8 Å². The van der Waals surface area contributed by atoms with Gasteiger partial charge in [-0.3, -0.25) is 0 Å². The van der Waals surface area contributed by atoms with E-state index in [9.17, 15) is 4.39 Å². The van der Waals surface area contributed by atoms with E-state index in [0.717, 1.165) is 11.4 Å². The first kappa shape index (κ1) is 12.4. The maximum absolute atomic E-state index is 13.3. The van der Waals surface area contributed by atoms with E-state index in [-0.39, 0.29) is 5.82 Å². The van der Waals surface area contributed by atoms with Gasteiger partial charge in [0, 0.05) is 5.69 Å². The molecule has 0 spiro atoms. The first-order valence-electron chi connectivity index (χ1n) is 5.87. The summed E-state index contributed by atoms with van der Waals surface area (Å²) in [6, 6.07) is 9.15. The molecule has 0 saturated heterocycles. The lowest BCUT2D eigenvalue weighted by atomic mass is 10.1. The molecule has 2 aromatic carbocycles. The molecule has 0 aromatic heterocycles. The van der Waals surface area contributed by atoms with Crippen molar-refractivity contribution in [2.75, 3.05) is 11.1 Å². The Bertz CT molecular complexity index is 591. The molecule has 0 amide bonds. The molecule has 0 heterocycles. The number of nitrogens with two attached hydrogens (primary N) is 1. The Labute approximate surface area is 107 Å². The number of anilines is 3. The number of nitrogens with one attached hydrogen (secondary N) is 1. The second-order valence-electron chi connectivity index (χ2n) is 4.61. The van der Waals surface area contributed by atoms with Crippen LogP contribution in [0.25, 0.3) is 0 Å². The zero-order valence-corrected chi connectivity index (χ0v) is 10.8. The summed E-state index contributed by atoms with van der Waals surface area (Å²) in [6.45, 7) is 5.84. The fraction of sp³-hybridized carbons (Fsp3) is 0.200. The van der Waals surface area contributed by atoms with Gasteiger partial charge in [0.25, 0.3) is 0 Å². The molecule has 0 unspecified atom stereocenters. The van der Waals surface area contributed by atoms with Crippen molar-refractivity contribution in [3.8, 4) is 0 Å². The van der Waals surface area contributed by atoms with Gasteiger partial charge in [-0.15, -0.1) is 0 Å². The third-order valence-electron chi connectivity index (χ3n) is 3.12. The van der Waals surface area contributed by atoms with Crippen LogP contribution in [0.4, 0.5) is 21.5 Å². The van der Waals surface area contributed by atoms with Gasteiger partial charge in [-0.1, -0.05) is 6.07 Å². The molecular formula is C15H17FN2. The predicted octanol–water partition coefficient (Wildman–Crippen LogP) is 4.08. The Kier molecular flexibility index (Phi) is 3.24. The highest BCUT2D eigenvalue weighted by atomic mass is 19.1. The van der Waals surface area contributed by atoms with Gasteiger partial charge in [-0.2, -0.15) is 0 Å². The number of hydrogen-bond acceptors (Lipinski definition) is 2. The molecule has 0 saturated carbocycles. The standard InChI is InChI=1S/C15H17FN2/c1-9-4-5-12(6-10(9)2)18-15-7-11(3)13(16)8-14(15)17/h4-8,18H,17H2,1-3H3. The maximum atomic E-state index is 13.3. The van der Waals surface area contributed by atoms with Crippen LogP contribution in [0.5, 0.6) is 0 Å². The first-order valence-corrected chi connectivity index (χ1v) is 5.87. The SMILES string of the molecule is Cc1ccc(Nc2cc(C)c(F)cc2N)cc1C. The molecule has 0 aliphatic heterocycles. The van der Waals surface area contributed by atoms with Crippen LogP contribution in [-0.4, -0.2) is 0 Å². The summed E-state index contributed by atoms with van der Waals surface area (Å²) in [5.41, 5.74) is 10.9. The van der Waals surface area contributed by atoms with Gasteiger partial charge in [0.2, 0.25) is 0 Å². The summed E-state index contributed by atoms with van der Waals surface area (Å²) in [6.07, 6.45) is 0. The zero-order chi connectivity index (χ0) is 13.3. The summed E-state index contributed by atoms with van der Waals surface area (Å²) in [5.74, 6) is -0.280. The van der Waals surface area contributed by atoms with Crippen LogP contribution in [0.15, 0.2) is 30.3 Å². The number of hydrogen-bond donors (Lipinski definition) is 2. The molecule has 0 aliphatic carbocycles. The minimum atomic E-state index is -0.280. The van der Waals surface area contributed by atoms with Crippen molar-refractivity contribution in [1.82, 2.24) is 0 Å². The molecule has 2 nitrogen and oxygen atoms in total. The number of rotatable bonds is 2. The summed E-state index contributed by atoms with van der Waals surface area (Å²) >= 11 is 0. The van der Waals surface area contributed by atoms with Crippen molar-refractivity contribution in [2.24, 2.45) is 0 Å². The summed E-state index contributed by atoms with van der Waals surface area (Å²) in [7, 11) is 0. The molecule has 2 rings (SSSR count). The predicted molar refractivity (Wildman–Crippen MR) is 74.7 cm³/mol. The lowest BCUT2D eigenvalue weighted by molar-refractivity contribution is 0.619. The lowest BCUT2D eigenvalue weighted by Crippen LogP contribution is -1.99. The van der Waals surface area contributed by atoms with E-state index >= 15 is 0 Å². The normalized spacial score (nSPS) is 10.4. The summed E-state index contributed by atoms with van der Waals surface area (Å²) in [5, 5.41) is 3.22. The number of benzene rings is 2. The van der Waals surface area contributed by atoms with Crippen molar-refractivity contribution < 1.29 is 4.39 Å². The van der Waals surface area contributed by atoms with Crippen LogP contribution < -0.4 is 11.1 Å². The minimum Gasteiger partial charge on any atom is -0.397 e. The third kappa shape index (κ3) is 2.45. The van der Waals surface area contributed by atoms with Gasteiger partial charge < -0.3 is 11.1 Å². The Morgan fingerprint density at radius 3 is 2.33 bits per heavy atom. The zero-order valence-electron chi connectivity index (χ0n) is 10.8. The van der Waals surface area contributed by atoms with Gasteiger partial charge in [0.1, 0.15) is 5.82 Å². The molecule has 0 bridgehead atoms. The largest absolute Gasteiger partial charge is 0.397 e. The highest BCUT2D eigenvalue weighted by Crippen LogP contribution is 2.26. The van der Waals surface area contributed by atoms with Crippen LogP contribution in [0.1, 0.15) is 16.7 Å². The molecule has 3 heteroatoms. The monoisotopic (exact) mass is 244 g/mol. The fourth-order valence-electron chi connectivity index (χ4n) is 1.78. The van der Waals surface area contributed by atoms with Gasteiger partial charge in [-0.25, -0.2) is 4.39 Å². The quantitative estimate of drug-likeness (QED) is 0.781. The van der Waals surface area contributed by atoms with Gasteiger partial charge in [0.05, 0.1) is 11.4 Å². The Balaban J connectivity index is 2.34. The van der Waals surface area contributed by atoms with Crippen molar-refractivity contribution in [2.45, 2.75) is 20.8 Å². The average molecular weight is 244 g/mol. The molecular weight excluding hydrogens is 227 g/mol. The number of halogens is 1. The van der Waals surface area contributed by atoms with Gasteiger partial charge in [0.15, 0.2) is 0 Å². The van der Waals surface area contributed by atoms with E-state index in [1.54, 1.807) is 13.0 Å². The van der Waals surface area contributed by atoms with Crippen LogP contribution >= 0.6 is 0 Å². The van der Waals surface area contributed by atoms with E-state index in [0.29, 0.717) is 11.3 Å². The van der Waals surface area contributed by atoms with Crippen LogP contribution in [0.2, 0.25) is 0 Å². The van der Waals surface area contributed by atoms with Gasteiger partial charge >= 0.3 is 0 Å². The highest BCUT2D eigenvalue weighted by Gasteiger charge is 2.05. The minimum absolute atomic E-state index is 0.280. The second kappa shape index (κ2) is 4.69. The smallest absolute Gasteiger partial charge is 0.128 e. The molecule has 0 aliphatic rings. The van der Waals surface area contributed by atoms with Crippen LogP contribution in [0, 0.1) is 26.6 Å². The van der Waals surface area contributed by atoms with Crippen molar-refractivity contribution in [3.63, 3.8) is 0 Å². The van der Waals surface area contributed by atoms with E-state index in [1.165, 1.54) is 17.2 Å². The summed E-state index contributed by atoms with van der Waals surface area (Å²) < 4.78 is 13.3. The van der Waals surface area contributed by atoms with E-state index in [1.807, 2.05) is 18.2 Å². The van der Waals surface area contributed by atoms with E-state index in [4.69, 9.17) is 5.73 Å². The molecule has 94 valence electrons. The summed E-state index contributed by atoms with van der Waals surface area (Å²) in [4.78, 5) is 0. The van der Waals surface area contributed by atoms with E-state index in [2.05, 4.69) is 19.2 Å². The molecule has 0 radical (unpaired) electrons. The Morgan fingerprint density at radius 1 is 0.944 bits per heavy atom. The Hall–Kier alpha value is -2.03. The first-order chi connectivity index (χ1) is 8.47. The van der Waals surface area contributed by atoms with Crippen molar-refractivity contribution >= 4 is 17.1 Å². The van der Waals surface area contributed by atoms with Crippen LogP contribution in [-0.2, 0) is 0 Å². The Morgan fingerprint density at radius 2 is 1.67 bits per heavy atom. The molecule has 2 aromatic rings. The average Bonchev–Trinajstić information content (AvgIpc) is 2.31. The lowest BCUT2D eigenvalue weighted by Gasteiger charge is -2.12. The van der Waals surface area contributed by atoms with Crippen LogP contribution in [0.3, 0.4) is 0 Å². The fourth-order valence-corrected chi connectivity index (χ4v) is 1.78. The van der Waals surface area contributed by atoms with Gasteiger partial charge in [-0.05, 0) is 61.7 Å². The molecule has 18 heavy (non-hydrogen) atoms. The van der Waals surface area contributed by atoms with E-state index < -0.39 is 0 Å².